The second-order valence-electron chi connectivity index (χ2n) is 7.01. The summed E-state index contributed by atoms with van der Waals surface area (Å²) in [6, 6.07) is 19.2. The first kappa shape index (κ1) is 20.7. The number of nitrogens with one attached hydrogen (secondary N) is 1. The smallest absolute Gasteiger partial charge is 0.303 e. The lowest BCUT2D eigenvalue weighted by Crippen LogP contribution is -2.19. The monoisotopic (exact) mass is 432 g/mol. The van der Waals surface area contributed by atoms with Gasteiger partial charge in [-0.3, -0.25) is 9.59 Å². The molecule has 0 atom stereocenters. The first-order valence-corrected chi connectivity index (χ1v) is 10.5. The summed E-state index contributed by atoms with van der Waals surface area (Å²) in [4.78, 5) is 28.1. The third-order valence-electron chi connectivity index (χ3n) is 4.81. The van der Waals surface area contributed by atoms with Gasteiger partial charge in [0.2, 0.25) is 0 Å². The fraction of sp³-hybridized carbons (Fsp3) is 0.125. The average molecular weight is 433 g/mol. The number of hydrogen-bond donors (Lipinski definition) is 2. The first-order chi connectivity index (χ1) is 15.0. The van der Waals surface area contributed by atoms with Crippen molar-refractivity contribution in [2.75, 3.05) is 7.11 Å². The van der Waals surface area contributed by atoms with Crippen LogP contribution in [0.2, 0.25) is 0 Å². The molecule has 0 aliphatic carbocycles. The van der Waals surface area contributed by atoms with Crippen molar-refractivity contribution in [1.29, 1.82) is 0 Å². The minimum absolute atomic E-state index is 0.0935. The molecule has 4 rings (SSSR count). The van der Waals surface area contributed by atoms with Crippen molar-refractivity contribution in [3.05, 3.63) is 76.7 Å². The minimum atomic E-state index is -0.820. The maximum Gasteiger partial charge on any atom is 0.303 e. The number of carbonyl (C=O) groups excluding carboxylic acids is 1. The van der Waals surface area contributed by atoms with E-state index in [2.05, 4.69) is 10.3 Å². The van der Waals surface area contributed by atoms with E-state index < -0.39 is 5.97 Å². The number of thioether (sulfide) groups is 1. The molecule has 6 nitrogen and oxygen atoms in total. The predicted molar refractivity (Wildman–Crippen MR) is 124 cm³/mol. The largest absolute Gasteiger partial charge is 0.497 e. The van der Waals surface area contributed by atoms with Gasteiger partial charge in [-0.1, -0.05) is 30.3 Å². The third kappa shape index (κ3) is 5.13. The van der Waals surface area contributed by atoms with Crippen LogP contribution in [-0.2, 0) is 16.0 Å². The number of rotatable bonds is 6. The molecule has 156 valence electrons. The van der Waals surface area contributed by atoms with Crippen LogP contribution in [0.3, 0.4) is 0 Å². The second kappa shape index (κ2) is 9.06. The number of aryl methyl sites for hydroxylation is 1. The van der Waals surface area contributed by atoms with Crippen molar-refractivity contribution < 1.29 is 19.4 Å². The number of nitrogens with zero attached hydrogens (tertiary/aromatic N) is 1. The molecule has 1 saturated heterocycles. The molecule has 2 N–H and O–H groups in total. The number of benzene rings is 3. The van der Waals surface area contributed by atoms with E-state index in [1.807, 2.05) is 66.7 Å². The van der Waals surface area contributed by atoms with E-state index in [0.717, 1.165) is 27.6 Å². The van der Waals surface area contributed by atoms with Crippen LogP contribution in [0.1, 0.15) is 17.5 Å². The van der Waals surface area contributed by atoms with Gasteiger partial charge in [-0.05, 0) is 76.5 Å². The highest BCUT2D eigenvalue weighted by molar-refractivity contribution is 8.18. The zero-order chi connectivity index (χ0) is 21.8. The van der Waals surface area contributed by atoms with Crippen molar-refractivity contribution in [3.63, 3.8) is 0 Å². The number of aliphatic carboxylic acids is 1. The molecule has 1 amide bonds. The van der Waals surface area contributed by atoms with Crippen LogP contribution < -0.4 is 10.1 Å². The van der Waals surface area contributed by atoms with E-state index in [0.29, 0.717) is 22.2 Å². The van der Waals surface area contributed by atoms with Gasteiger partial charge in [0.15, 0.2) is 5.17 Å². The first-order valence-electron chi connectivity index (χ1n) is 9.68. The second-order valence-corrected chi connectivity index (χ2v) is 8.05. The van der Waals surface area contributed by atoms with Crippen molar-refractivity contribution in [2.24, 2.45) is 4.99 Å². The lowest BCUT2D eigenvalue weighted by Gasteiger charge is -2.03. The van der Waals surface area contributed by atoms with Crippen LogP contribution in [0, 0.1) is 0 Å². The predicted octanol–water partition coefficient (Wildman–Crippen LogP) is 4.76. The van der Waals surface area contributed by atoms with Gasteiger partial charge in [0, 0.05) is 6.42 Å². The Morgan fingerprint density at radius 1 is 1.10 bits per heavy atom. The number of ether oxygens (including phenoxy) is 1. The van der Waals surface area contributed by atoms with E-state index in [1.165, 1.54) is 11.8 Å². The maximum atomic E-state index is 12.4. The Morgan fingerprint density at radius 3 is 2.58 bits per heavy atom. The van der Waals surface area contributed by atoms with Crippen molar-refractivity contribution in [2.45, 2.75) is 12.8 Å². The Hall–Kier alpha value is -3.58. The number of aliphatic imine (C=N–C) groups is 1. The summed E-state index contributed by atoms with van der Waals surface area (Å²) in [6.45, 7) is 0. The van der Waals surface area contributed by atoms with Crippen LogP contribution in [0.15, 0.2) is 70.6 Å². The lowest BCUT2D eigenvalue weighted by atomic mass is 10.1. The van der Waals surface area contributed by atoms with E-state index >= 15 is 0 Å². The number of hydrogen-bond acceptors (Lipinski definition) is 5. The van der Waals surface area contributed by atoms with Crippen LogP contribution in [-0.4, -0.2) is 29.3 Å². The Bertz CT molecular complexity index is 1220. The summed E-state index contributed by atoms with van der Waals surface area (Å²) < 4.78 is 5.26. The molecule has 0 spiro atoms. The van der Waals surface area contributed by atoms with Crippen molar-refractivity contribution >= 4 is 51.3 Å². The fourth-order valence-electron chi connectivity index (χ4n) is 3.20. The zero-order valence-electron chi connectivity index (χ0n) is 16.8. The van der Waals surface area contributed by atoms with E-state index in [1.54, 1.807) is 7.11 Å². The summed E-state index contributed by atoms with van der Waals surface area (Å²) in [5, 5.41) is 14.2. The number of carboxylic acid groups (broad SMARTS) is 1. The zero-order valence-corrected chi connectivity index (χ0v) is 17.6. The highest BCUT2D eigenvalue weighted by atomic mass is 32.2. The lowest BCUT2D eigenvalue weighted by molar-refractivity contribution is -0.137. The molecule has 0 unspecified atom stereocenters. The van der Waals surface area contributed by atoms with Crippen LogP contribution in [0.4, 0.5) is 5.69 Å². The summed E-state index contributed by atoms with van der Waals surface area (Å²) in [5.41, 5.74) is 2.56. The number of carbonyl (C=O) groups is 2. The average Bonchev–Trinajstić information content (AvgIpc) is 3.11. The number of methoxy groups -OCH3 is 1. The standard InChI is InChI=1S/C24H20N2O4S/c1-30-20-10-7-17-12-16(2-6-18(17)14-20)13-21-23(29)26-24(31-21)25-19-8-3-15(4-9-19)5-11-22(27)28/h2-4,6-10,12-14H,5,11H2,1H3,(H,27,28)(H,25,26,29)/b21-13+. The molecule has 0 aromatic heterocycles. The highest BCUT2D eigenvalue weighted by Crippen LogP contribution is 2.29. The molecule has 3 aromatic carbocycles. The number of amides is 1. The molecule has 31 heavy (non-hydrogen) atoms. The quantitative estimate of drug-likeness (QED) is 0.549. The van der Waals surface area contributed by atoms with Gasteiger partial charge in [-0.15, -0.1) is 0 Å². The topological polar surface area (TPSA) is 88.0 Å². The van der Waals surface area contributed by atoms with Gasteiger partial charge in [0.1, 0.15) is 5.75 Å². The maximum absolute atomic E-state index is 12.4. The Balaban J connectivity index is 1.49. The molecule has 0 radical (unpaired) electrons. The highest BCUT2D eigenvalue weighted by Gasteiger charge is 2.23. The molecule has 1 aliphatic rings. The Morgan fingerprint density at radius 2 is 1.84 bits per heavy atom. The van der Waals surface area contributed by atoms with E-state index in [4.69, 9.17) is 9.84 Å². The fourth-order valence-corrected chi connectivity index (χ4v) is 4.04. The molecule has 0 bridgehead atoms. The summed E-state index contributed by atoms with van der Waals surface area (Å²) in [7, 11) is 1.64. The number of fused-ring (bicyclic) bond motifs is 1. The third-order valence-corrected chi connectivity index (χ3v) is 5.72. The molecule has 0 saturated carbocycles. The molecule has 3 aromatic rings. The summed E-state index contributed by atoms with van der Waals surface area (Å²) in [5.74, 6) is -0.198. The van der Waals surface area contributed by atoms with Gasteiger partial charge < -0.3 is 15.2 Å². The van der Waals surface area contributed by atoms with Gasteiger partial charge in [0.05, 0.1) is 17.7 Å². The number of amidine groups is 1. The number of carboxylic acids is 1. The van der Waals surface area contributed by atoms with Gasteiger partial charge in [-0.2, -0.15) is 0 Å². The molecular weight excluding hydrogens is 412 g/mol. The Kier molecular flexibility index (Phi) is 6.04. The summed E-state index contributed by atoms with van der Waals surface area (Å²) in [6.07, 6.45) is 2.42. The minimum Gasteiger partial charge on any atom is -0.497 e. The van der Waals surface area contributed by atoms with E-state index in [9.17, 15) is 9.59 Å². The molecule has 1 aliphatic heterocycles. The van der Waals surface area contributed by atoms with Crippen LogP contribution in [0.25, 0.3) is 16.8 Å². The van der Waals surface area contributed by atoms with Gasteiger partial charge in [-0.25, -0.2) is 4.99 Å². The molecule has 1 heterocycles. The van der Waals surface area contributed by atoms with Crippen LogP contribution >= 0.6 is 11.8 Å². The molecule has 1 fully saturated rings. The molecule has 7 heteroatoms. The van der Waals surface area contributed by atoms with Crippen molar-refractivity contribution in [3.8, 4) is 5.75 Å². The van der Waals surface area contributed by atoms with E-state index in [-0.39, 0.29) is 12.3 Å². The van der Waals surface area contributed by atoms with Crippen molar-refractivity contribution in [1.82, 2.24) is 5.32 Å². The van der Waals surface area contributed by atoms with Gasteiger partial charge >= 0.3 is 5.97 Å². The SMILES string of the molecule is COc1ccc2cc(/C=C3/SC(=Nc4ccc(CCC(=O)O)cc4)NC3=O)ccc2c1. The van der Waals surface area contributed by atoms with Crippen LogP contribution in [0.5, 0.6) is 5.75 Å². The van der Waals surface area contributed by atoms with Gasteiger partial charge in [0.25, 0.3) is 5.91 Å². The summed E-state index contributed by atoms with van der Waals surface area (Å²) >= 11 is 1.29. The molecular formula is C24H20N2O4S. The normalized spacial score (nSPS) is 16.1. The Labute approximate surface area is 183 Å².